The first kappa shape index (κ1) is 14.2. The maximum Gasteiger partial charge on any atom is 0.488 e. The molecular weight excluding hydrogens is 315 g/mol. The Balaban J connectivity index is 1.70. The molecule has 2 aliphatic rings. The number of aromatic nitrogens is 4. The number of rotatable bonds is 1. The SMILES string of the molecule is [B][P+]1(O)OC[C@H]2O[C@@H](n3cnc4c(N)ncnc43)C(F)[C@@H]2O1. The highest BCUT2D eigenvalue weighted by Crippen LogP contribution is 2.58. The highest BCUT2D eigenvalue weighted by Gasteiger charge is 2.57. The van der Waals surface area contributed by atoms with Crippen LogP contribution >= 0.6 is 7.82 Å². The minimum atomic E-state index is -3.49. The number of nitrogens with zero attached hydrogens (tertiary/aromatic N) is 4. The summed E-state index contributed by atoms with van der Waals surface area (Å²) in [6, 6.07) is 0. The zero-order valence-electron chi connectivity index (χ0n) is 11.1. The predicted octanol–water partition coefficient (Wildman–Crippen LogP) is -0.102. The van der Waals surface area contributed by atoms with Gasteiger partial charge in [-0.05, 0) is 0 Å². The van der Waals surface area contributed by atoms with E-state index in [1.165, 1.54) is 17.2 Å². The molecule has 9 nitrogen and oxygen atoms in total. The van der Waals surface area contributed by atoms with Gasteiger partial charge in [0.1, 0.15) is 24.6 Å². The zero-order chi connectivity index (χ0) is 15.5. The van der Waals surface area contributed by atoms with Gasteiger partial charge in [0.15, 0.2) is 30.0 Å². The minimum absolute atomic E-state index is 0.0495. The lowest BCUT2D eigenvalue weighted by molar-refractivity contribution is -0.0595. The fraction of sp³-hybridized carbons (Fsp3) is 0.500. The van der Waals surface area contributed by atoms with Crippen molar-refractivity contribution in [1.29, 1.82) is 0 Å². The second-order valence-electron chi connectivity index (χ2n) is 5.02. The van der Waals surface area contributed by atoms with Crippen LogP contribution in [0.15, 0.2) is 12.7 Å². The van der Waals surface area contributed by atoms with Crippen LogP contribution in [-0.4, -0.2) is 57.0 Å². The van der Waals surface area contributed by atoms with Crippen LogP contribution < -0.4 is 5.73 Å². The standard InChI is InChI=1S/C10H11BFN5O4P/c11-22(18)19-1-4-7(21-22)5(12)10(20-4)17-3-16-6-8(13)14-2-15-9(6)17/h2-5,7,10,18H,1H2,(H2,13,14,15)/q+1/t4-,5?,7-,10-,22?/m1/s1. The minimum Gasteiger partial charge on any atom is -0.382 e. The van der Waals surface area contributed by atoms with E-state index in [1.54, 1.807) is 0 Å². The third kappa shape index (κ3) is 2.09. The van der Waals surface area contributed by atoms with Crippen LogP contribution in [-0.2, 0) is 13.8 Å². The van der Waals surface area contributed by atoms with E-state index in [9.17, 15) is 9.28 Å². The van der Waals surface area contributed by atoms with Crippen molar-refractivity contribution >= 4 is 32.4 Å². The molecule has 0 saturated carbocycles. The molecule has 12 heteroatoms. The average molecular weight is 326 g/mol. The Kier molecular flexibility index (Phi) is 3.11. The molecule has 2 aromatic rings. The van der Waals surface area contributed by atoms with Crippen LogP contribution in [0.1, 0.15) is 6.23 Å². The molecule has 114 valence electrons. The Morgan fingerprint density at radius 1 is 1.45 bits per heavy atom. The summed E-state index contributed by atoms with van der Waals surface area (Å²) in [6.45, 7) is -0.0495. The molecule has 4 rings (SSSR count). The first-order valence-corrected chi connectivity index (χ1v) is 8.07. The zero-order valence-corrected chi connectivity index (χ0v) is 12.0. The molecule has 0 amide bonds. The fourth-order valence-corrected chi connectivity index (χ4v) is 3.64. The van der Waals surface area contributed by atoms with Crippen molar-refractivity contribution in [2.45, 2.75) is 24.6 Å². The van der Waals surface area contributed by atoms with Crippen molar-refractivity contribution in [3.8, 4) is 0 Å². The lowest BCUT2D eigenvalue weighted by atomic mass is 10.1. The smallest absolute Gasteiger partial charge is 0.382 e. The van der Waals surface area contributed by atoms with Crippen LogP contribution in [0.5, 0.6) is 0 Å². The summed E-state index contributed by atoms with van der Waals surface area (Å²) in [5.41, 5.74) is 6.40. The van der Waals surface area contributed by atoms with Gasteiger partial charge < -0.3 is 10.5 Å². The van der Waals surface area contributed by atoms with E-state index in [-0.39, 0.29) is 12.4 Å². The number of alkyl halides is 1. The summed E-state index contributed by atoms with van der Waals surface area (Å²) in [7, 11) is 1.92. The number of halogens is 1. The Bertz CT molecular complexity index is 732. The third-order valence-corrected chi connectivity index (χ3v) is 4.69. The molecule has 4 heterocycles. The topological polar surface area (TPSA) is 118 Å². The molecule has 2 saturated heterocycles. The number of anilines is 1. The van der Waals surface area contributed by atoms with Gasteiger partial charge in [-0.2, -0.15) is 9.05 Å². The van der Waals surface area contributed by atoms with E-state index in [0.29, 0.717) is 11.2 Å². The van der Waals surface area contributed by atoms with Gasteiger partial charge in [0.05, 0.1) is 6.33 Å². The molecule has 22 heavy (non-hydrogen) atoms. The number of hydrogen-bond acceptors (Lipinski definition) is 8. The van der Waals surface area contributed by atoms with Gasteiger partial charge in [0.2, 0.25) is 0 Å². The average Bonchev–Trinajstić information content (AvgIpc) is 3.01. The summed E-state index contributed by atoms with van der Waals surface area (Å²) in [5.74, 6) is 0.191. The number of fused-ring (bicyclic) bond motifs is 2. The van der Waals surface area contributed by atoms with E-state index in [0.717, 1.165) is 0 Å². The molecule has 0 bridgehead atoms. The fourth-order valence-electron chi connectivity index (χ4n) is 2.62. The molecule has 0 aromatic carbocycles. The lowest BCUT2D eigenvalue weighted by Crippen LogP contribution is -2.39. The van der Waals surface area contributed by atoms with Gasteiger partial charge in [0.25, 0.3) is 0 Å². The van der Waals surface area contributed by atoms with Gasteiger partial charge in [0, 0.05) is 0 Å². The number of nitrogen functional groups attached to an aromatic ring is 1. The number of imidazole rings is 1. The number of nitrogens with two attached hydrogens (primary N) is 1. The first-order valence-electron chi connectivity index (χ1n) is 6.42. The third-order valence-electron chi connectivity index (χ3n) is 3.62. The van der Waals surface area contributed by atoms with E-state index >= 15 is 0 Å². The van der Waals surface area contributed by atoms with Crippen LogP contribution in [0.4, 0.5) is 10.2 Å². The molecular formula is C10H11BFN5O4P+. The quantitative estimate of drug-likeness (QED) is 0.551. The summed E-state index contributed by atoms with van der Waals surface area (Å²) in [5, 5.41) is 0. The first-order chi connectivity index (χ1) is 10.5. The Morgan fingerprint density at radius 3 is 3.09 bits per heavy atom. The van der Waals surface area contributed by atoms with E-state index in [4.69, 9.17) is 27.1 Å². The maximum absolute atomic E-state index is 14.7. The van der Waals surface area contributed by atoms with Gasteiger partial charge in [-0.3, -0.25) is 4.57 Å². The number of ether oxygens (including phenoxy) is 1. The van der Waals surface area contributed by atoms with Gasteiger partial charge in [-0.1, -0.05) is 0 Å². The van der Waals surface area contributed by atoms with Gasteiger partial charge in [-0.25, -0.2) is 24.2 Å². The molecule has 5 atom stereocenters. The van der Waals surface area contributed by atoms with Gasteiger partial charge in [-0.15, -0.1) is 0 Å². The van der Waals surface area contributed by atoms with E-state index in [2.05, 4.69) is 15.0 Å². The van der Waals surface area contributed by atoms with Crippen LogP contribution in [0.2, 0.25) is 0 Å². The monoisotopic (exact) mass is 326 g/mol. The molecule has 2 aromatic heterocycles. The highest BCUT2D eigenvalue weighted by molar-refractivity contribution is 7.85. The normalized spacial score (nSPS) is 38.3. The highest BCUT2D eigenvalue weighted by atomic mass is 31.2. The lowest BCUT2D eigenvalue weighted by Gasteiger charge is -2.27. The summed E-state index contributed by atoms with van der Waals surface area (Å²) < 4.78 is 31.8. The molecule has 3 N–H and O–H groups in total. The predicted molar refractivity (Wildman–Crippen MR) is 74.3 cm³/mol. The second-order valence-corrected chi connectivity index (χ2v) is 6.62. The van der Waals surface area contributed by atoms with Gasteiger partial charge >= 0.3 is 15.4 Å². The molecule has 2 unspecified atom stereocenters. The van der Waals surface area contributed by atoms with Crippen LogP contribution in [0, 0.1) is 0 Å². The largest absolute Gasteiger partial charge is 0.488 e. The molecule has 0 aliphatic carbocycles. The summed E-state index contributed by atoms with van der Waals surface area (Å²) in [6.07, 6.45) is -1.67. The summed E-state index contributed by atoms with van der Waals surface area (Å²) in [4.78, 5) is 21.6. The van der Waals surface area contributed by atoms with Crippen LogP contribution in [0.25, 0.3) is 11.2 Å². The molecule has 2 fully saturated rings. The molecule has 2 aliphatic heterocycles. The Morgan fingerprint density at radius 2 is 2.27 bits per heavy atom. The Hall–Kier alpha value is -1.39. The van der Waals surface area contributed by atoms with Crippen molar-refractivity contribution in [3.05, 3.63) is 12.7 Å². The van der Waals surface area contributed by atoms with Crippen molar-refractivity contribution in [3.63, 3.8) is 0 Å². The van der Waals surface area contributed by atoms with Crippen molar-refractivity contribution in [2.24, 2.45) is 0 Å². The maximum atomic E-state index is 14.7. The molecule has 2 radical (unpaired) electrons. The van der Waals surface area contributed by atoms with Crippen molar-refractivity contribution in [2.75, 3.05) is 12.3 Å². The van der Waals surface area contributed by atoms with Crippen molar-refractivity contribution < 1.29 is 23.1 Å². The molecule has 0 spiro atoms. The van der Waals surface area contributed by atoms with Crippen molar-refractivity contribution in [1.82, 2.24) is 19.5 Å². The number of hydrogen-bond donors (Lipinski definition) is 2. The Labute approximate surface area is 125 Å². The summed E-state index contributed by atoms with van der Waals surface area (Å²) >= 11 is 0. The van der Waals surface area contributed by atoms with E-state index in [1.807, 2.05) is 0 Å². The second kappa shape index (κ2) is 4.80. The van der Waals surface area contributed by atoms with E-state index < -0.39 is 32.4 Å². The van der Waals surface area contributed by atoms with Crippen LogP contribution in [0.3, 0.4) is 0 Å².